The molecule has 0 radical (unpaired) electrons. The minimum absolute atomic E-state index is 0.143. The molecule has 0 spiro atoms. The van der Waals surface area contributed by atoms with Crippen LogP contribution in [0.3, 0.4) is 0 Å². The van der Waals surface area contributed by atoms with Crippen LogP contribution >= 0.6 is 11.3 Å². The fourth-order valence-electron chi connectivity index (χ4n) is 3.98. The highest BCUT2D eigenvalue weighted by Gasteiger charge is 2.27. The molecule has 2 N–H and O–H groups in total. The molecule has 5 rings (SSSR count). The smallest absolute Gasteiger partial charge is 0.228 e. The first-order chi connectivity index (χ1) is 14.6. The van der Waals surface area contributed by atoms with Crippen molar-refractivity contribution in [1.29, 1.82) is 0 Å². The first-order valence-corrected chi connectivity index (χ1v) is 11.0. The average molecular weight is 428 g/mol. The molecule has 3 aromatic rings. The third-order valence-electron chi connectivity index (χ3n) is 5.31. The molecule has 2 atom stereocenters. The second kappa shape index (κ2) is 7.93. The molecule has 10 heteroatoms. The number of hydrogen-bond donors (Lipinski definition) is 1. The third-order valence-corrected chi connectivity index (χ3v) is 6.48. The zero-order valence-corrected chi connectivity index (χ0v) is 17.9. The number of morpholine rings is 2. The number of nitrogens with zero attached hydrogens (tertiary/aromatic N) is 6. The predicted octanol–water partition coefficient (Wildman–Crippen LogP) is 2.18. The van der Waals surface area contributed by atoms with Crippen LogP contribution in [0.2, 0.25) is 0 Å². The number of ether oxygens (including phenoxy) is 2. The molecule has 2 fully saturated rings. The van der Waals surface area contributed by atoms with Crippen LogP contribution in [0.5, 0.6) is 0 Å². The van der Waals surface area contributed by atoms with Crippen LogP contribution in [-0.4, -0.2) is 71.5 Å². The number of thiophene rings is 1. The number of fused-ring (bicyclic) bond motifs is 1. The van der Waals surface area contributed by atoms with Gasteiger partial charge in [-0.25, -0.2) is 15.0 Å². The molecule has 0 aromatic carbocycles. The maximum absolute atomic E-state index is 5.90. The first-order valence-electron chi connectivity index (χ1n) is 10.2. The lowest BCUT2D eigenvalue weighted by molar-refractivity contribution is -0.00569. The van der Waals surface area contributed by atoms with E-state index in [0.29, 0.717) is 13.2 Å². The first kappa shape index (κ1) is 19.4. The fourth-order valence-corrected chi connectivity index (χ4v) is 5.07. The molecule has 0 amide bonds. The van der Waals surface area contributed by atoms with E-state index in [9.17, 15) is 0 Å². The Balaban J connectivity index is 1.60. The van der Waals surface area contributed by atoms with Crippen molar-refractivity contribution < 1.29 is 9.47 Å². The summed E-state index contributed by atoms with van der Waals surface area (Å²) in [6.07, 6.45) is 3.79. The lowest BCUT2D eigenvalue weighted by atomic mass is 10.2. The Kier molecular flexibility index (Phi) is 5.13. The highest BCUT2D eigenvalue weighted by atomic mass is 32.1. The number of nitrogen functional groups attached to an aromatic ring is 1. The Morgan fingerprint density at radius 1 is 1.03 bits per heavy atom. The van der Waals surface area contributed by atoms with Gasteiger partial charge in [-0.3, -0.25) is 0 Å². The number of hydrogen-bond acceptors (Lipinski definition) is 10. The molecule has 0 aliphatic carbocycles. The summed E-state index contributed by atoms with van der Waals surface area (Å²) in [5.41, 5.74) is 7.51. The van der Waals surface area contributed by atoms with Gasteiger partial charge in [0, 0.05) is 49.0 Å². The van der Waals surface area contributed by atoms with Crippen molar-refractivity contribution in [2.45, 2.75) is 26.1 Å². The van der Waals surface area contributed by atoms with Crippen LogP contribution in [0, 0.1) is 0 Å². The molecule has 2 saturated heterocycles. The van der Waals surface area contributed by atoms with Gasteiger partial charge in [-0.2, -0.15) is 4.98 Å². The van der Waals surface area contributed by atoms with Crippen LogP contribution < -0.4 is 15.5 Å². The molecular formula is C20H25N7O2S. The molecule has 2 aliphatic heterocycles. The summed E-state index contributed by atoms with van der Waals surface area (Å²) in [5.74, 6) is 1.99. The predicted molar refractivity (Wildman–Crippen MR) is 118 cm³/mol. The second-order valence-electron chi connectivity index (χ2n) is 7.76. The summed E-state index contributed by atoms with van der Waals surface area (Å²) in [6, 6.07) is 2.09. The van der Waals surface area contributed by atoms with E-state index >= 15 is 0 Å². The Labute approximate surface area is 178 Å². The molecule has 0 bridgehead atoms. The number of nitrogens with two attached hydrogens (primary N) is 1. The molecule has 0 unspecified atom stereocenters. The second-order valence-corrected chi connectivity index (χ2v) is 8.82. The zero-order chi connectivity index (χ0) is 20.7. The Morgan fingerprint density at radius 3 is 2.43 bits per heavy atom. The Morgan fingerprint density at radius 2 is 1.73 bits per heavy atom. The van der Waals surface area contributed by atoms with Crippen LogP contribution in [0.4, 0.5) is 17.7 Å². The Bertz CT molecular complexity index is 1030. The third kappa shape index (κ3) is 3.78. The van der Waals surface area contributed by atoms with E-state index < -0.39 is 0 Å². The van der Waals surface area contributed by atoms with Gasteiger partial charge in [-0.1, -0.05) is 0 Å². The number of aromatic nitrogens is 4. The highest BCUT2D eigenvalue weighted by Crippen LogP contribution is 2.38. The van der Waals surface area contributed by atoms with Gasteiger partial charge in [-0.15, -0.1) is 11.3 Å². The lowest BCUT2D eigenvalue weighted by Gasteiger charge is -2.36. The minimum Gasteiger partial charge on any atom is -0.378 e. The summed E-state index contributed by atoms with van der Waals surface area (Å²) in [6.45, 7) is 8.79. The molecule has 0 saturated carbocycles. The maximum atomic E-state index is 5.90. The van der Waals surface area contributed by atoms with E-state index in [1.165, 1.54) is 0 Å². The van der Waals surface area contributed by atoms with Crippen LogP contribution in [0.15, 0.2) is 18.5 Å². The van der Waals surface area contributed by atoms with E-state index in [1.54, 1.807) is 23.7 Å². The van der Waals surface area contributed by atoms with Crippen molar-refractivity contribution in [3.8, 4) is 10.4 Å². The molecule has 3 aromatic heterocycles. The topological polar surface area (TPSA) is 103 Å². The summed E-state index contributed by atoms with van der Waals surface area (Å²) in [7, 11) is 0. The van der Waals surface area contributed by atoms with Gasteiger partial charge < -0.3 is 25.0 Å². The standard InChI is InChI=1S/C20H25N7O2S/c1-12-10-27(11-13(2)29-12)20-24-15-7-16(14-8-22-19(21)23-9-14)30-17(15)18(25-20)26-3-5-28-6-4-26/h7-9,12-13H,3-6,10-11H2,1-2H3,(H2,21,22,23)/t12-,13+. The van der Waals surface area contributed by atoms with Gasteiger partial charge >= 0.3 is 0 Å². The molecule has 9 nitrogen and oxygen atoms in total. The molecular weight excluding hydrogens is 402 g/mol. The summed E-state index contributed by atoms with van der Waals surface area (Å²) in [4.78, 5) is 23.8. The monoisotopic (exact) mass is 427 g/mol. The van der Waals surface area contributed by atoms with Crippen LogP contribution in [-0.2, 0) is 9.47 Å². The molecule has 30 heavy (non-hydrogen) atoms. The molecule has 158 valence electrons. The van der Waals surface area contributed by atoms with Gasteiger partial charge in [0.1, 0.15) is 0 Å². The summed E-state index contributed by atoms with van der Waals surface area (Å²) < 4.78 is 12.5. The van der Waals surface area contributed by atoms with Gasteiger partial charge in [-0.05, 0) is 19.9 Å². The van der Waals surface area contributed by atoms with Gasteiger partial charge in [0.25, 0.3) is 0 Å². The summed E-state index contributed by atoms with van der Waals surface area (Å²) >= 11 is 1.66. The zero-order valence-electron chi connectivity index (χ0n) is 17.1. The van der Waals surface area contributed by atoms with Crippen molar-refractivity contribution >= 4 is 39.3 Å². The average Bonchev–Trinajstić information content (AvgIpc) is 3.17. The lowest BCUT2D eigenvalue weighted by Crippen LogP contribution is -2.46. The highest BCUT2D eigenvalue weighted by molar-refractivity contribution is 7.22. The van der Waals surface area contributed by atoms with Gasteiger partial charge in [0.2, 0.25) is 11.9 Å². The Hall–Kier alpha value is -2.56. The minimum atomic E-state index is 0.143. The largest absolute Gasteiger partial charge is 0.378 e. The van der Waals surface area contributed by atoms with Crippen molar-refractivity contribution in [1.82, 2.24) is 19.9 Å². The maximum Gasteiger partial charge on any atom is 0.228 e. The van der Waals surface area contributed by atoms with E-state index in [1.807, 2.05) is 0 Å². The quantitative estimate of drug-likeness (QED) is 0.673. The number of anilines is 3. The van der Waals surface area contributed by atoms with E-state index in [-0.39, 0.29) is 18.2 Å². The normalized spacial score (nSPS) is 22.6. The molecule has 5 heterocycles. The van der Waals surface area contributed by atoms with Crippen molar-refractivity contribution in [2.24, 2.45) is 0 Å². The van der Waals surface area contributed by atoms with E-state index in [0.717, 1.165) is 58.6 Å². The fraction of sp³-hybridized carbons (Fsp3) is 0.500. The van der Waals surface area contributed by atoms with Gasteiger partial charge in [0.05, 0.1) is 35.6 Å². The molecule has 2 aliphatic rings. The van der Waals surface area contributed by atoms with Crippen molar-refractivity contribution in [3.05, 3.63) is 18.5 Å². The van der Waals surface area contributed by atoms with E-state index in [4.69, 9.17) is 25.2 Å². The van der Waals surface area contributed by atoms with Crippen LogP contribution in [0.1, 0.15) is 13.8 Å². The SMILES string of the molecule is C[C@@H]1CN(c2nc(N3CCOCC3)c3sc(-c4cnc(N)nc4)cc3n2)C[C@H](C)O1. The van der Waals surface area contributed by atoms with Gasteiger partial charge in [0.15, 0.2) is 5.82 Å². The van der Waals surface area contributed by atoms with Crippen LogP contribution in [0.25, 0.3) is 20.7 Å². The summed E-state index contributed by atoms with van der Waals surface area (Å²) in [5, 5.41) is 0. The van der Waals surface area contributed by atoms with E-state index in [2.05, 4.69) is 39.7 Å². The van der Waals surface area contributed by atoms with Crippen molar-refractivity contribution in [2.75, 3.05) is 54.9 Å². The van der Waals surface area contributed by atoms with Crippen molar-refractivity contribution in [3.63, 3.8) is 0 Å². The number of rotatable bonds is 3.